The lowest BCUT2D eigenvalue weighted by Gasteiger charge is -2.17. The second-order valence-electron chi connectivity index (χ2n) is 4.70. The largest absolute Gasteiger partial charge is 0.488 e. The molecule has 1 aromatic carbocycles. The van der Waals surface area contributed by atoms with Gasteiger partial charge in [-0.1, -0.05) is 30.4 Å². The Balaban J connectivity index is 2.12. The molecule has 6 heteroatoms. The first-order valence-electron chi connectivity index (χ1n) is 6.65. The molecule has 0 spiro atoms. The quantitative estimate of drug-likeness (QED) is 0.666. The molecule has 0 saturated heterocycles. The molecule has 3 nitrogen and oxygen atoms in total. The molecule has 0 aromatic heterocycles. The van der Waals surface area contributed by atoms with Crippen molar-refractivity contribution in [2.24, 2.45) is 0 Å². The molecule has 0 amide bonds. The summed E-state index contributed by atoms with van der Waals surface area (Å²) in [6.07, 6.45) is 6.08. The SMILES string of the molecule is O=C(O)/C=C/C=C/C=C/C1=Cc2cc(C(F)(F)F)ccc2OC1. The zero-order chi connectivity index (χ0) is 16.9. The first-order chi connectivity index (χ1) is 10.9. The highest BCUT2D eigenvalue weighted by molar-refractivity contribution is 5.80. The van der Waals surface area contributed by atoms with Crippen LogP contribution in [0.1, 0.15) is 11.1 Å². The molecule has 0 bridgehead atoms. The average molecular weight is 322 g/mol. The summed E-state index contributed by atoms with van der Waals surface area (Å²) in [7, 11) is 0. The van der Waals surface area contributed by atoms with Crippen LogP contribution in [0.25, 0.3) is 6.08 Å². The molecule has 1 aliphatic heterocycles. The van der Waals surface area contributed by atoms with Gasteiger partial charge in [0.05, 0.1) is 5.56 Å². The van der Waals surface area contributed by atoms with Gasteiger partial charge in [0, 0.05) is 11.6 Å². The summed E-state index contributed by atoms with van der Waals surface area (Å²) in [5.74, 6) is -0.630. The maximum Gasteiger partial charge on any atom is 0.416 e. The molecule has 0 aliphatic carbocycles. The van der Waals surface area contributed by atoms with E-state index >= 15 is 0 Å². The van der Waals surface area contributed by atoms with Crippen molar-refractivity contribution in [3.63, 3.8) is 0 Å². The number of hydrogen-bond donors (Lipinski definition) is 1. The van der Waals surface area contributed by atoms with Crippen molar-refractivity contribution in [1.82, 2.24) is 0 Å². The Morgan fingerprint density at radius 1 is 1.17 bits per heavy atom. The third-order valence-electron chi connectivity index (χ3n) is 2.95. The van der Waals surface area contributed by atoms with Gasteiger partial charge in [0.25, 0.3) is 0 Å². The molecule has 0 radical (unpaired) electrons. The van der Waals surface area contributed by atoms with Gasteiger partial charge < -0.3 is 9.84 Å². The Labute approximate surface area is 130 Å². The molecule has 0 saturated carbocycles. The lowest BCUT2D eigenvalue weighted by molar-refractivity contribution is -0.137. The van der Waals surface area contributed by atoms with Gasteiger partial charge in [-0.25, -0.2) is 4.79 Å². The molecule has 0 unspecified atom stereocenters. The van der Waals surface area contributed by atoms with Crippen LogP contribution < -0.4 is 4.74 Å². The highest BCUT2D eigenvalue weighted by Crippen LogP contribution is 2.35. The van der Waals surface area contributed by atoms with Crippen LogP contribution in [-0.4, -0.2) is 17.7 Å². The Morgan fingerprint density at radius 3 is 2.61 bits per heavy atom. The normalized spacial score (nSPS) is 15.0. The maximum absolute atomic E-state index is 12.7. The third kappa shape index (κ3) is 4.88. The smallest absolute Gasteiger partial charge is 0.416 e. The van der Waals surface area contributed by atoms with Crippen LogP contribution >= 0.6 is 0 Å². The van der Waals surface area contributed by atoms with Gasteiger partial charge in [0.1, 0.15) is 12.4 Å². The number of ether oxygens (including phenoxy) is 1. The van der Waals surface area contributed by atoms with Crippen LogP contribution in [0.5, 0.6) is 5.75 Å². The number of fused-ring (bicyclic) bond motifs is 1. The van der Waals surface area contributed by atoms with E-state index in [9.17, 15) is 18.0 Å². The number of hydrogen-bond acceptors (Lipinski definition) is 2. The van der Waals surface area contributed by atoms with E-state index in [-0.39, 0.29) is 6.61 Å². The Morgan fingerprint density at radius 2 is 1.91 bits per heavy atom. The zero-order valence-electron chi connectivity index (χ0n) is 11.9. The summed E-state index contributed by atoms with van der Waals surface area (Å²) in [5, 5.41) is 8.40. The van der Waals surface area contributed by atoms with Crippen molar-refractivity contribution in [2.75, 3.05) is 6.61 Å². The molecule has 0 atom stereocenters. The van der Waals surface area contributed by atoms with Gasteiger partial charge in [-0.3, -0.25) is 0 Å². The van der Waals surface area contributed by atoms with Crippen molar-refractivity contribution in [1.29, 1.82) is 0 Å². The summed E-state index contributed by atoms with van der Waals surface area (Å²) in [5.41, 5.74) is 0.365. The van der Waals surface area contributed by atoms with Gasteiger partial charge in [0.15, 0.2) is 0 Å². The number of benzene rings is 1. The highest BCUT2D eigenvalue weighted by atomic mass is 19.4. The van der Waals surface area contributed by atoms with E-state index < -0.39 is 17.7 Å². The third-order valence-corrected chi connectivity index (χ3v) is 2.95. The molecule has 23 heavy (non-hydrogen) atoms. The van der Waals surface area contributed by atoms with Crippen LogP contribution in [0, 0.1) is 0 Å². The van der Waals surface area contributed by atoms with Crippen molar-refractivity contribution in [2.45, 2.75) is 6.18 Å². The molecular formula is C17H13F3O3. The summed E-state index contributed by atoms with van der Waals surface area (Å²) >= 11 is 0. The van der Waals surface area contributed by atoms with Gasteiger partial charge in [-0.05, 0) is 29.8 Å². The molecule has 1 aliphatic rings. The summed E-state index contributed by atoms with van der Waals surface area (Å²) < 4.78 is 43.5. The fourth-order valence-electron chi connectivity index (χ4n) is 1.91. The number of carboxylic acid groups (broad SMARTS) is 1. The average Bonchev–Trinajstić information content (AvgIpc) is 2.48. The standard InChI is InChI=1S/C17H13F3O3/c18-17(19,20)14-7-8-15-13(10-14)9-12(11-23-15)5-3-1-2-4-6-16(21)22/h1-10H,11H2,(H,21,22)/b2-1+,5-3+,6-4+. The van der Waals surface area contributed by atoms with Crippen molar-refractivity contribution < 1.29 is 27.8 Å². The fourth-order valence-corrected chi connectivity index (χ4v) is 1.91. The predicted octanol–water partition coefficient (Wildman–Crippen LogP) is 4.23. The van der Waals surface area contributed by atoms with Gasteiger partial charge in [-0.2, -0.15) is 13.2 Å². The van der Waals surface area contributed by atoms with Gasteiger partial charge in [0.2, 0.25) is 0 Å². The minimum Gasteiger partial charge on any atom is -0.488 e. The van der Waals surface area contributed by atoms with Crippen LogP contribution in [0.3, 0.4) is 0 Å². The van der Waals surface area contributed by atoms with E-state index in [2.05, 4.69) is 0 Å². The number of allylic oxidation sites excluding steroid dienone is 4. The van der Waals surface area contributed by atoms with Crippen LogP contribution in [0.4, 0.5) is 13.2 Å². The summed E-state index contributed by atoms with van der Waals surface area (Å²) in [6, 6.07) is 3.35. The van der Waals surface area contributed by atoms with Gasteiger partial charge >= 0.3 is 12.1 Å². The van der Waals surface area contributed by atoms with Crippen LogP contribution in [0.2, 0.25) is 0 Å². The molecule has 120 valence electrons. The van der Waals surface area contributed by atoms with E-state index in [0.717, 1.165) is 18.2 Å². The Hall–Kier alpha value is -2.76. The number of rotatable bonds is 4. The first-order valence-corrected chi connectivity index (χ1v) is 6.65. The van der Waals surface area contributed by atoms with E-state index in [1.54, 1.807) is 24.3 Å². The van der Waals surface area contributed by atoms with Crippen molar-refractivity contribution in [3.8, 4) is 5.75 Å². The maximum atomic E-state index is 12.7. The topological polar surface area (TPSA) is 46.5 Å². The fraction of sp³-hybridized carbons (Fsp3) is 0.118. The first kappa shape index (κ1) is 16.6. The summed E-state index contributed by atoms with van der Waals surface area (Å²) in [4.78, 5) is 10.2. The lowest BCUT2D eigenvalue weighted by atomic mass is 10.0. The molecule has 0 fully saturated rings. The van der Waals surface area contributed by atoms with Crippen LogP contribution in [0.15, 0.2) is 60.2 Å². The molecular weight excluding hydrogens is 309 g/mol. The molecule has 1 heterocycles. The van der Waals surface area contributed by atoms with Crippen molar-refractivity contribution >= 4 is 12.0 Å². The lowest BCUT2D eigenvalue weighted by Crippen LogP contribution is -2.09. The Kier molecular flexibility index (Phi) is 5.05. The highest BCUT2D eigenvalue weighted by Gasteiger charge is 2.31. The number of carbonyl (C=O) groups is 1. The number of alkyl halides is 3. The zero-order valence-corrected chi connectivity index (χ0v) is 11.9. The van der Waals surface area contributed by atoms with E-state index in [4.69, 9.17) is 9.84 Å². The molecule has 2 rings (SSSR count). The number of halogens is 3. The summed E-state index contributed by atoms with van der Waals surface area (Å²) in [6.45, 7) is 0.258. The molecule has 1 N–H and O–H groups in total. The predicted molar refractivity (Wildman–Crippen MR) is 80.0 cm³/mol. The number of carboxylic acids is 1. The van der Waals surface area contributed by atoms with Crippen LogP contribution in [-0.2, 0) is 11.0 Å². The monoisotopic (exact) mass is 322 g/mol. The minimum atomic E-state index is -4.39. The second-order valence-corrected chi connectivity index (χ2v) is 4.70. The second kappa shape index (κ2) is 7.00. The molecule has 1 aromatic rings. The number of aliphatic carboxylic acids is 1. The van der Waals surface area contributed by atoms with E-state index in [1.165, 1.54) is 18.2 Å². The van der Waals surface area contributed by atoms with E-state index in [1.807, 2.05) is 0 Å². The minimum absolute atomic E-state index is 0.258. The van der Waals surface area contributed by atoms with Crippen molar-refractivity contribution in [3.05, 3.63) is 71.4 Å². The van der Waals surface area contributed by atoms with E-state index in [0.29, 0.717) is 16.9 Å². The Bertz CT molecular complexity index is 710. The van der Waals surface area contributed by atoms with Gasteiger partial charge in [-0.15, -0.1) is 0 Å².